The summed E-state index contributed by atoms with van der Waals surface area (Å²) in [5.41, 5.74) is 0.228. The minimum absolute atomic E-state index is 0.0414. The molecule has 3 fully saturated rings. The molecule has 3 atom stereocenters. The van der Waals surface area contributed by atoms with Crippen LogP contribution in [0.5, 0.6) is 0 Å². The standard InChI is InChI=1S/C35H51F3N6O5/c1-5-29(46)40-30(33(48)44-19-17-42(4)18-20-44)22(2)25-11-12-28(27(36)21-25)39-32(47)31(24-9-7-6-8-10-24)41-34(49)35(37,38)26-13-15-43(16-14-26)23(3)45/h11-12,21-22,24,26,30-31H,5-10,13-20H2,1-4H3,(H,39,47)(H,40,46)(H,41,49)/t22-,30+,31-/m0/s1. The van der Waals surface area contributed by atoms with E-state index in [2.05, 4.69) is 20.9 Å². The lowest BCUT2D eigenvalue weighted by atomic mass is 9.83. The van der Waals surface area contributed by atoms with Crippen LogP contribution in [-0.4, -0.2) is 109 Å². The molecule has 0 radical (unpaired) electrons. The molecule has 5 amide bonds. The molecule has 0 unspecified atom stereocenters. The SMILES string of the molecule is CCC(=O)N[C@@H](C(=O)N1CCN(C)CC1)[C@@H](C)c1ccc(NC(=O)[C@@H](NC(=O)C(F)(F)C2CCN(C(C)=O)CC2)C2CCCCC2)c(F)c1. The summed E-state index contributed by atoms with van der Waals surface area (Å²) < 4.78 is 46.5. The van der Waals surface area contributed by atoms with Gasteiger partial charge in [-0.05, 0) is 56.3 Å². The molecule has 0 spiro atoms. The molecule has 4 rings (SSSR count). The van der Waals surface area contributed by atoms with Gasteiger partial charge in [-0.15, -0.1) is 0 Å². The first-order valence-corrected chi connectivity index (χ1v) is 17.5. The molecule has 14 heteroatoms. The number of piperazine rings is 1. The van der Waals surface area contributed by atoms with E-state index in [-0.39, 0.29) is 55.8 Å². The normalized spacial score (nSPS) is 20.2. The third kappa shape index (κ3) is 9.52. The van der Waals surface area contributed by atoms with Gasteiger partial charge in [0.1, 0.15) is 17.9 Å². The fraction of sp³-hybridized carbons (Fsp3) is 0.686. The molecule has 0 aromatic heterocycles. The number of alkyl halides is 2. The Bertz CT molecular complexity index is 1360. The van der Waals surface area contributed by atoms with Crippen LogP contribution in [0.3, 0.4) is 0 Å². The maximum atomic E-state index is 15.6. The van der Waals surface area contributed by atoms with E-state index in [4.69, 9.17) is 0 Å². The summed E-state index contributed by atoms with van der Waals surface area (Å²) in [5, 5.41) is 7.63. The van der Waals surface area contributed by atoms with E-state index in [1.807, 2.05) is 7.05 Å². The molecule has 2 saturated heterocycles. The highest BCUT2D eigenvalue weighted by Gasteiger charge is 2.49. The number of likely N-dealkylation sites (N-methyl/N-ethyl adjacent to an activating group) is 1. The van der Waals surface area contributed by atoms with Crippen LogP contribution in [0.4, 0.5) is 18.9 Å². The zero-order chi connectivity index (χ0) is 35.9. The summed E-state index contributed by atoms with van der Waals surface area (Å²) in [5.74, 6) is -9.98. The number of piperidine rings is 1. The van der Waals surface area contributed by atoms with E-state index in [1.165, 1.54) is 24.0 Å². The van der Waals surface area contributed by atoms with Crippen molar-refractivity contribution in [1.82, 2.24) is 25.3 Å². The zero-order valence-corrected chi connectivity index (χ0v) is 29.0. The molecule has 0 bridgehead atoms. The Labute approximate surface area is 286 Å². The summed E-state index contributed by atoms with van der Waals surface area (Å²) in [6.07, 6.45) is 3.65. The van der Waals surface area contributed by atoms with Gasteiger partial charge < -0.3 is 30.7 Å². The van der Waals surface area contributed by atoms with Crippen LogP contribution in [0.15, 0.2) is 18.2 Å². The average Bonchev–Trinajstić information content (AvgIpc) is 3.10. The van der Waals surface area contributed by atoms with Crippen molar-refractivity contribution in [1.29, 1.82) is 0 Å². The van der Waals surface area contributed by atoms with Gasteiger partial charge in [0.15, 0.2) is 0 Å². The second kappa shape index (κ2) is 16.8. The highest BCUT2D eigenvalue weighted by Crippen LogP contribution is 2.35. The Hall–Kier alpha value is -3.68. The lowest BCUT2D eigenvalue weighted by Gasteiger charge is -2.36. The number of hydrogen-bond acceptors (Lipinski definition) is 6. The number of carbonyl (C=O) groups excluding carboxylic acids is 5. The van der Waals surface area contributed by atoms with Crippen LogP contribution in [-0.2, 0) is 24.0 Å². The van der Waals surface area contributed by atoms with E-state index >= 15 is 13.2 Å². The zero-order valence-electron chi connectivity index (χ0n) is 29.0. The van der Waals surface area contributed by atoms with Crippen molar-refractivity contribution in [3.63, 3.8) is 0 Å². The van der Waals surface area contributed by atoms with Gasteiger partial charge in [-0.2, -0.15) is 8.78 Å². The predicted molar refractivity (Wildman–Crippen MR) is 178 cm³/mol. The summed E-state index contributed by atoms with van der Waals surface area (Å²) in [6, 6.07) is 1.86. The lowest BCUT2D eigenvalue weighted by Crippen LogP contribution is -2.56. The number of amides is 5. The van der Waals surface area contributed by atoms with E-state index in [0.717, 1.165) is 19.3 Å². The van der Waals surface area contributed by atoms with Gasteiger partial charge in [0.25, 0.3) is 5.91 Å². The van der Waals surface area contributed by atoms with Crippen LogP contribution in [0.1, 0.15) is 83.6 Å². The molecule has 2 aliphatic heterocycles. The number of halogens is 3. The van der Waals surface area contributed by atoms with Crippen molar-refractivity contribution in [2.75, 3.05) is 51.6 Å². The van der Waals surface area contributed by atoms with Crippen LogP contribution in [0.25, 0.3) is 0 Å². The summed E-state index contributed by atoms with van der Waals surface area (Å²) >= 11 is 0. The van der Waals surface area contributed by atoms with Gasteiger partial charge >= 0.3 is 5.92 Å². The third-order valence-electron chi connectivity index (χ3n) is 10.4. The highest BCUT2D eigenvalue weighted by molar-refractivity contribution is 5.98. The van der Waals surface area contributed by atoms with Crippen LogP contribution >= 0.6 is 0 Å². The van der Waals surface area contributed by atoms with Crippen molar-refractivity contribution < 1.29 is 37.1 Å². The molecule has 272 valence electrons. The maximum Gasteiger partial charge on any atom is 0.327 e. The van der Waals surface area contributed by atoms with Gasteiger partial charge in [0, 0.05) is 64.4 Å². The van der Waals surface area contributed by atoms with Crippen molar-refractivity contribution >= 4 is 35.2 Å². The van der Waals surface area contributed by atoms with E-state index < -0.39 is 53.4 Å². The second-order valence-electron chi connectivity index (χ2n) is 13.8. The molecule has 1 saturated carbocycles. The van der Waals surface area contributed by atoms with Gasteiger partial charge in [0.2, 0.25) is 23.6 Å². The minimum Gasteiger partial charge on any atom is -0.344 e. The number of nitrogens with zero attached hydrogens (tertiary/aromatic N) is 3. The van der Waals surface area contributed by atoms with Crippen LogP contribution < -0.4 is 16.0 Å². The molecular formula is C35H51F3N6O5. The van der Waals surface area contributed by atoms with E-state index in [0.29, 0.717) is 44.6 Å². The summed E-state index contributed by atoms with van der Waals surface area (Å²) in [4.78, 5) is 69.5. The Morgan fingerprint density at radius 3 is 2.10 bits per heavy atom. The molecule has 2 heterocycles. The highest BCUT2D eigenvalue weighted by atomic mass is 19.3. The number of hydrogen-bond donors (Lipinski definition) is 3. The van der Waals surface area contributed by atoms with Crippen molar-refractivity contribution in [2.45, 2.75) is 96.1 Å². The van der Waals surface area contributed by atoms with Crippen molar-refractivity contribution in [3.05, 3.63) is 29.6 Å². The molecule has 49 heavy (non-hydrogen) atoms. The Kier molecular flexibility index (Phi) is 13.1. The molecule has 1 aromatic carbocycles. The Morgan fingerprint density at radius 1 is 0.898 bits per heavy atom. The van der Waals surface area contributed by atoms with E-state index in [1.54, 1.807) is 24.8 Å². The van der Waals surface area contributed by atoms with Crippen molar-refractivity contribution in [2.24, 2.45) is 11.8 Å². The molecule has 3 N–H and O–H groups in total. The molecule has 1 aliphatic carbocycles. The average molecular weight is 693 g/mol. The van der Waals surface area contributed by atoms with Gasteiger partial charge in [0.05, 0.1) is 5.69 Å². The first-order chi connectivity index (χ1) is 23.2. The Balaban J connectivity index is 1.48. The Morgan fingerprint density at radius 2 is 1.53 bits per heavy atom. The molecule has 11 nitrogen and oxygen atoms in total. The fourth-order valence-electron chi connectivity index (χ4n) is 7.06. The van der Waals surface area contributed by atoms with Crippen LogP contribution in [0, 0.1) is 17.7 Å². The number of likely N-dealkylation sites (tertiary alicyclic amines) is 1. The fourth-order valence-corrected chi connectivity index (χ4v) is 7.06. The number of benzene rings is 1. The molecular weight excluding hydrogens is 641 g/mol. The lowest BCUT2D eigenvalue weighted by molar-refractivity contribution is -0.160. The smallest absolute Gasteiger partial charge is 0.327 e. The second-order valence-corrected chi connectivity index (χ2v) is 13.8. The third-order valence-corrected chi connectivity index (χ3v) is 10.4. The van der Waals surface area contributed by atoms with E-state index in [9.17, 15) is 24.0 Å². The quantitative estimate of drug-likeness (QED) is 0.326. The topological polar surface area (TPSA) is 131 Å². The summed E-state index contributed by atoms with van der Waals surface area (Å²) in [6.45, 7) is 7.41. The number of carbonyl (C=O) groups is 5. The minimum atomic E-state index is -3.76. The molecule has 3 aliphatic rings. The largest absolute Gasteiger partial charge is 0.344 e. The monoisotopic (exact) mass is 692 g/mol. The van der Waals surface area contributed by atoms with Gasteiger partial charge in [-0.3, -0.25) is 24.0 Å². The summed E-state index contributed by atoms with van der Waals surface area (Å²) in [7, 11) is 1.97. The van der Waals surface area contributed by atoms with Crippen LogP contribution in [0.2, 0.25) is 0 Å². The predicted octanol–water partition coefficient (Wildman–Crippen LogP) is 3.50. The maximum absolute atomic E-state index is 15.6. The number of rotatable bonds is 11. The first-order valence-electron chi connectivity index (χ1n) is 17.5. The van der Waals surface area contributed by atoms with Gasteiger partial charge in [-0.1, -0.05) is 39.2 Å². The first kappa shape index (κ1) is 38.1. The molecule has 1 aromatic rings. The van der Waals surface area contributed by atoms with Gasteiger partial charge in [-0.25, -0.2) is 4.39 Å². The van der Waals surface area contributed by atoms with Crippen molar-refractivity contribution in [3.8, 4) is 0 Å². The number of nitrogens with one attached hydrogen (secondary N) is 3. The number of anilines is 1.